The Hall–Kier alpha value is 3.31. The third kappa shape index (κ3) is 11.3. The molecular weight excluding hydrogens is 548 g/mol. The number of halogens is 6. The largest absolute Gasteiger partial charge is 0.267 e. The molecule has 0 aromatic heterocycles. The van der Waals surface area contributed by atoms with Crippen LogP contribution in [0.4, 0.5) is 0 Å². The molecule has 0 aromatic carbocycles. The maximum absolute atomic E-state index is 3.53. The summed E-state index contributed by atoms with van der Waals surface area (Å²) in [6, 6.07) is 0. The summed E-state index contributed by atoms with van der Waals surface area (Å²) in [6.07, 6.45) is 0. The molecule has 0 aliphatic carbocycles. The Balaban J connectivity index is 3.75. The maximum Gasteiger partial charge on any atom is 0.267 e. The molecule has 56 valence electrons. The topological polar surface area (TPSA) is 0 Å². The molecule has 0 heterocycles. The van der Waals surface area contributed by atoms with E-state index in [2.05, 4.69) is 91.8 Å². The summed E-state index contributed by atoms with van der Waals surface area (Å²) in [6.45, 7) is 0. The van der Waals surface area contributed by atoms with Gasteiger partial charge in [0.2, 0.25) is 0 Å². The van der Waals surface area contributed by atoms with Crippen molar-refractivity contribution in [3.8, 4) is 0 Å². The summed E-state index contributed by atoms with van der Waals surface area (Å²) in [7, 11) is 0. The van der Waals surface area contributed by atoms with Gasteiger partial charge in [0.05, 0.1) is 0 Å². The second-order valence-electron chi connectivity index (χ2n) is 1.41. The SMILES string of the molecule is Br[Si](Br)(Br)C[Si](Br)(Br)Br. The van der Waals surface area contributed by atoms with Crippen molar-refractivity contribution < 1.29 is 0 Å². The lowest BCUT2D eigenvalue weighted by atomic mass is 11.9. The predicted octanol–water partition coefficient (Wildman–Crippen LogP) is 4.77. The molecule has 9 heavy (non-hydrogen) atoms. The van der Waals surface area contributed by atoms with Crippen LogP contribution in [0.3, 0.4) is 0 Å². The first-order valence-electron chi connectivity index (χ1n) is 1.84. The fraction of sp³-hybridized carbons (Fsp3) is 1.00. The molecule has 0 spiro atoms. The Labute approximate surface area is 103 Å². The molecule has 0 atom stereocenters. The van der Waals surface area contributed by atoms with Crippen LogP contribution in [0.2, 0.25) is 5.67 Å². The van der Waals surface area contributed by atoms with E-state index in [0.29, 0.717) is 0 Å². The molecule has 8 heteroatoms. The highest BCUT2D eigenvalue weighted by atomic mass is 80.0. The summed E-state index contributed by atoms with van der Waals surface area (Å²) >= 11 is 21.2. The molecule has 0 fully saturated rings. The number of hydrogen-bond acceptors (Lipinski definition) is 0. The van der Waals surface area contributed by atoms with Gasteiger partial charge < -0.3 is 0 Å². The van der Waals surface area contributed by atoms with Crippen LogP contribution in [0.1, 0.15) is 0 Å². The molecule has 0 nitrogen and oxygen atoms in total. The summed E-state index contributed by atoms with van der Waals surface area (Å²) in [5, 5.41) is 0. The second-order valence-corrected chi connectivity index (χ2v) is 48.8. The summed E-state index contributed by atoms with van der Waals surface area (Å²) in [5.41, 5.74) is 1.07. The van der Waals surface area contributed by atoms with Crippen molar-refractivity contribution in [3.63, 3.8) is 0 Å². The van der Waals surface area contributed by atoms with Gasteiger partial charge in [-0.05, 0) is 5.67 Å². The highest BCUT2D eigenvalue weighted by Crippen LogP contribution is 2.43. The highest BCUT2D eigenvalue weighted by molar-refractivity contribution is 9.74. The number of rotatable bonds is 2. The van der Waals surface area contributed by atoms with Crippen LogP contribution in [0.15, 0.2) is 0 Å². The lowest BCUT2D eigenvalue weighted by Gasteiger charge is -2.14. The van der Waals surface area contributed by atoms with Crippen molar-refractivity contribution in [2.24, 2.45) is 0 Å². The molecule has 0 amide bonds. The van der Waals surface area contributed by atoms with E-state index >= 15 is 0 Å². The van der Waals surface area contributed by atoms with E-state index in [1.54, 1.807) is 0 Å². The molecule has 0 bridgehead atoms. The minimum atomic E-state index is -1.43. The Bertz CT molecular complexity index is 76.2. The van der Waals surface area contributed by atoms with E-state index in [9.17, 15) is 0 Å². The van der Waals surface area contributed by atoms with Crippen LogP contribution in [0.5, 0.6) is 0 Å². The minimum absolute atomic E-state index is 1.07. The zero-order chi connectivity index (χ0) is 7.71. The van der Waals surface area contributed by atoms with Crippen LogP contribution >= 0.6 is 91.8 Å². The Morgan fingerprint density at radius 2 is 0.889 bits per heavy atom. The lowest BCUT2D eigenvalue weighted by molar-refractivity contribution is 2.08. The van der Waals surface area contributed by atoms with Gasteiger partial charge in [-0.25, -0.2) is 0 Å². The molecule has 0 radical (unpaired) electrons. The van der Waals surface area contributed by atoms with E-state index in [0.717, 1.165) is 5.67 Å². The second kappa shape index (κ2) is 4.52. The van der Waals surface area contributed by atoms with Crippen molar-refractivity contribution in [2.75, 3.05) is 0 Å². The molecular formula is CH2Br6Si2. The van der Waals surface area contributed by atoms with Gasteiger partial charge in [-0.15, -0.1) is 0 Å². The molecule has 0 N–H and O–H groups in total. The van der Waals surface area contributed by atoms with Crippen molar-refractivity contribution >= 4 is 99.6 Å². The van der Waals surface area contributed by atoms with Gasteiger partial charge in [0, 0.05) is 0 Å². The van der Waals surface area contributed by atoms with E-state index < -0.39 is 7.86 Å². The van der Waals surface area contributed by atoms with E-state index in [1.807, 2.05) is 0 Å². The van der Waals surface area contributed by atoms with E-state index in [4.69, 9.17) is 0 Å². The molecule has 0 saturated carbocycles. The van der Waals surface area contributed by atoms with Gasteiger partial charge in [-0.1, -0.05) is 91.8 Å². The zero-order valence-electron chi connectivity index (χ0n) is 3.97. The highest BCUT2D eigenvalue weighted by Gasteiger charge is 2.35. The molecule has 0 unspecified atom stereocenters. The average Bonchev–Trinajstić information content (AvgIpc) is 1.14. The van der Waals surface area contributed by atoms with E-state index in [1.165, 1.54) is 0 Å². The Morgan fingerprint density at radius 1 is 0.667 bits per heavy atom. The van der Waals surface area contributed by atoms with Crippen LogP contribution in [0.25, 0.3) is 0 Å². The normalized spacial score (nSPS) is 14.0. The van der Waals surface area contributed by atoms with Crippen LogP contribution in [0, 0.1) is 0 Å². The molecule has 0 aliphatic rings. The van der Waals surface area contributed by atoms with Gasteiger partial charge in [0.25, 0.3) is 7.86 Å². The van der Waals surface area contributed by atoms with Crippen LogP contribution in [-0.4, -0.2) is 7.86 Å². The Morgan fingerprint density at radius 3 is 0.889 bits per heavy atom. The Kier molecular flexibility index (Phi) is 6.19. The van der Waals surface area contributed by atoms with Gasteiger partial charge >= 0.3 is 0 Å². The first-order valence-corrected chi connectivity index (χ1v) is 19.8. The van der Waals surface area contributed by atoms with Crippen molar-refractivity contribution in [3.05, 3.63) is 0 Å². The first kappa shape index (κ1) is 12.3. The predicted molar refractivity (Wildman–Crippen MR) is 69.9 cm³/mol. The molecule has 0 saturated heterocycles. The van der Waals surface area contributed by atoms with E-state index in [-0.39, 0.29) is 0 Å². The van der Waals surface area contributed by atoms with Gasteiger partial charge in [-0.3, -0.25) is 0 Å². The van der Waals surface area contributed by atoms with Gasteiger partial charge in [-0.2, -0.15) is 0 Å². The van der Waals surface area contributed by atoms with Crippen LogP contribution in [-0.2, 0) is 0 Å². The monoisotopic (exact) mass is 543 g/mol. The smallest absolute Gasteiger partial charge is 0.0966 e. The first-order chi connectivity index (χ1) is 3.71. The summed E-state index contributed by atoms with van der Waals surface area (Å²) < 4.78 is -2.87. The third-order valence-electron chi connectivity index (χ3n) is 0.401. The fourth-order valence-electron chi connectivity index (χ4n) is 0.227. The zero-order valence-corrected chi connectivity index (χ0v) is 15.5. The standard InChI is InChI=1S/CH2Br6Si2/c2-8(3,4)1-9(5,6)7/h1H2. The van der Waals surface area contributed by atoms with Gasteiger partial charge in [0.1, 0.15) is 0 Å². The summed E-state index contributed by atoms with van der Waals surface area (Å²) in [4.78, 5) is 0. The van der Waals surface area contributed by atoms with Crippen LogP contribution < -0.4 is 0 Å². The van der Waals surface area contributed by atoms with Crippen molar-refractivity contribution in [1.29, 1.82) is 0 Å². The molecule has 0 aliphatic heterocycles. The van der Waals surface area contributed by atoms with Gasteiger partial charge in [0.15, 0.2) is 0 Å². The van der Waals surface area contributed by atoms with Crippen molar-refractivity contribution in [1.82, 2.24) is 0 Å². The fourth-order valence-corrected chi connectivity index (χ4v) is 55.2. The molecule has 0 rings (SSSR count). The minimum Gasteiger partial charge on any atom is -0.0966 e. The quantitative estimate of drug-likeness (QED) is 0.344. The van der Waals surface area contributed by atoms with Crippen molar-refractivity contribution in [2.45, 2.75) is 5.67 Å². The summed E-state index contributed by atoms with van der Waals surface area (Å²) in [5.74, 6) is 0. The number of hydrogen-bond donors (Lipinski definition) is 0. The third-order valence-corrected chi connectivity index (χ3v) is 18.7. The average molecular weight is 550 g/mol. The maximum atomic E-state index is 3.53. The lowest BCUT2D eigenvalue weighted by Crippen LogP contribution is -2.20. The molecule has 0 aromatic rings.